The fraction of sp³-hybridized carbons (Fsp3) is 0.286. The van der Waals surface area contributed by atoms with Crippen LogP contribution in [0.2, 0.25) is 0 Å². The van der Waals surface area contributed by atoms with Crippen LogP contribution in [0.5, 0.6) is 0 Å². The highest BCUT2D eigenvalue weighted by Gasteiger charge is 2.29. The fourth-order valence-electron chi connectivity index (χ4n) is 3.42. The molecule has 1 aliphatic rings. The Balaban J connectivity index is 1.33. The van der Waals surface area contributed by atoms with Crippen molar-refractivity contribution >= 4 is 11.6 Å². The average Bonchev–Trinajstić information content (AvgIpc) is 3.29. The van der Waals surface area contributed by atoms with E-state index >= 15 is 0 Å². The van der Waals surface area contributed by atoms with Crippen LogP contribution in [0.25, 0.3) is 17.1 Å². The van der Waals surface area contributed by atoms with E-state index in [1.165, 1.54) is 0 Å². The van der Waals surface area contributed by atoms with Gasteiger partial charge in [-0.05, 0) is 51.0 Å². The van der Waals surface area contributed by atoms with Gasteiger partial charge in [-0.25, -0.2) is 0 Å². The molecule has 1 saturated carbocycles. The Hall–Kier alpha value is -3.55. The zero-order valence-electron chi connectivity index (χ0n) is 16.2. The highest BCUT2D eigenvalue weighted by Crippen LogP contribution is 2.38. The number of nitrogens with zero attached hydrogens (tertiary/aromatic N) is 5. The third kappa shape index (κ3) is 3.49. The Labute approximate surface area is 167 Å². The summed E-state index contributed by atoms with van der Waals surface area (Å²) in [4.78, 5) is 17.0. The van der Waals surface area contributed by atoms with Crippen molar-refractivity contribution in [2.75, 3.05) is 0 Å². The lowest BCUT2D eigenvalue weighted by Crippen LogP contribution is -2.24. The van der Waals surface area contributed by atoms with Crippen LogP contribution in [0.4, 0.5) is 0 Å². The van der Waals surface area contributed by atoms with Crippen LogP contribution in [-0.4, -0.2) is 30.6 Å². The van der Waals surface area contributed by atoms with Gasteiger partial charge in [0.05, 0.1) is 6.54 Å². The number of fused-ring (bicyclic) bond motifs is 1. The molecule has 1 fully saturated rings. The molecule has 1 amide bonds. The zero-order valence-corrected chi connectivity index (χ0v) is 16.2. The maximum absolute atomic E-state index is 12.5. The van der Waals surface area contributed by atoms with Crippen LogP contribution in [0.15, 0.2) is 41.1 Å². The average molecular weight is 388 g/mol. The lowest BCUT2D eigenvalue weighted by molar-refractivity contribution is 0.0949. The van der Waals surface area contributed by atoms with Gasteiger partial charge in [-0.2, -0.15) is 4.98 Å². The van der Waals surface area contributed by atoms with Crippen LogP contribution in [0.3, 0.4) is 0 Å². The number of hydrogen-bond acceptors (Lipinski definition) is 6. The molecule has 3 heterocycles. The molecule has 29 heavy (non-hydrogen) atoms. The summed E-state index contributed by atoms with van der Waals surface area (Å²) in [5.74, 6) is 2.21. The molecule has 4 aromatic rings. The van der Waals surface area contributed by atoms with Gasteiger partial charge >= 0.3 is 0 Å². The van der Waals surface area contributed by atoms with Gasteiger partial charge in [0.15, 0.2) is 17.3 Å². The summed E-state index contributed by atoms with van der Waals surface area (Å²) in [5.41, 5.74) is 4.21. The van der Waals surface area contributed by atoms with Gasteiger partial charge in [0.2, 0.25) is 0 Å². The number of aryl methyl sites for hydroxylation is 2. The van der Waals surface area contributed by atoms with Gasteiger partial charge in [0.25, 0.3) is 11.8 Å². The van der Waals surface area contributed by atoms with E-state index in [0.717, 1.165) is 35.4 Å². The van der Waals surface area contributed by atoms with Crippen LogP contribution >= 0.6 is 0 Å². The monoisotopic (exact) mass is 388 g/mol. The Morgan fingerprint density at radius 3 is 2.72 bits per heavy atom. The molecule has 1 aliphatic carbocycles. The Kier molecular flexibility index (Phi) is 4.12. The summed E-state index contributed by atoms with van der Waals surface area (Å²) in [6.45, 7) is 4.23. The molecular formula is C21H20N6O2. The second kappa shape index (κ2) is 6.80. The Morgan fingerprint density at radius 2 is 1.97 bits per heavy atom. The number of aromatic nitrogens is 5. The number of benzene rings is 1. The van der Waals surface area contributed by atoms with Crippen molar-refractivity contribution in [3.05, 3.63) is 64.9 Å². The lowest BCUT2D eigenvalue weighted by atomic mass is 10.1. The van der Waals surface area contributed by atoms with Crippen molar-refractivity contribution in [3.63, 3.8) is 0 Å². The van der Waals surface area contributed by atoms with E-state index < -0.39 is 0 Å². The van der Waals surface area contributed by atoms with Gasteiger partial charge in [0.1, 0.15) is 0 Å². The van der Waals surface area contributed by atoms with Crippen LogP contribution < -0.4 is 5.32 Å². The van der Waals surface area contributed by atoms with E-state index in [9.17, 15) is 4.79 Å². The quantitative estimate of drug-likeness (QED) is 0.564. The highest BCUT2D eigenvalue weighted by atomic mass is 16.5. The maximum Gasteiger partial charge on any atom is 0.258 e. The van der Waals surface area contributed by atoms with Gasteiger partial charge in [-0.15, -0.1) is 10.2 Å². The number of pyridine rings is 1. The topological polar surface area (TPSA) is 98.2 Å². The molecular weight excluding hydrogens is 368 g/mol. The SMILES string of the molecule is Cc1cc(C)cc(C(=O)NCc2nnc3cc(-c4nc(C5CC5)no4)ccn23)c1. The van der Waals surface area contributed by atoms with Crippen LogP contribution in [0, 0.1) is 13.8 Å². The minimum absolute atomic E-state index is 0.136. The Bertz CT molecular complexity index is 1200. The van der Waals surface area contributed by atoms with Crippen molar-refractivity contribution in [1.29, 1.82) is 0 Å². The number of nitrogens with one attached hydrogen (secondary N) is 1. The van der Waals surface area contributed by atoms with Gasteiger partial charge in [-0.1, -0.05) is 22.3 Å². The van der Waals surface area contributed by atoms with E-state index in [4.69, 9.17) is 4.52 Å². The first-order chi connectivity index (χ1) is 14.1. The Morgan fingerprint density at radius 1 is 1.17 bits per heavy atom. The molecule has 146 valence electrons. The molecule has 0 radical (unpaired) electrons. The van der Waals surface area contributed by atoms with Gasteiger partial charge < -0.3 is 9.84 Å². The van der Waals surface area contributed by atoms with E-state index in [0.29, 0.717) is 28.8 Å². The molecule has 8 nitrogen and oxygen atoms in total. The molecule has 0 spiro atoms. The smallest absolute Gasteiger partial charge is 0.258 e. The molecule has 0 atom stereocenters. The van der Waals surface area contributed by atoms with Crippen molar-refractivity contribution in [1.82, 2.24) is 30.1 Å². The third-order valence-corrected chi connectivity index (χ3v) is 5.00. The number of carbonyl (C=O) groups is 1. The molecule has 8 heteroatoms. The van der Waals surface area contributed by atoms with Gasteiger partial charge in [0, 0.05) is 23.2 Å². The van der Waals surface area contributed by atoms with E-state index in [1.807, 2.05) is 54.8 Å². The summed E-state index contributed by atoms with van der Waals surface area (Å²) in [6, 6.07) is 9.52. The molecule has 0 saturated heterocycles. The van der Waals surface area contributed by atoms with Crippen molar-refractivity contribution in [2.45, 2.75) is 39.2 Å². The molecule has 0 unspecified atom stereocenters. The lowest BCUT2D eigenvalue weighted by Gasteiger charge is -2.06. The molecule has 0 aliphatic heterocycles. The molecule has 1 aromatic carbocycles. The molecule has 0 bridgehead atoms. The largest absolute Gasteiger partial charge is 0.345 e. The molecule has 1 N–H and O–H groups in total. The van der Waals surface area contributed by atoms with Crippen LogP contribution in [-0.2, 0) is 6.54 Å². The summed E-state index contributed by atoms with van der Waals surface area (Å²) in [5, 5.41) is 15.4. The first kappa shape index (κ1) is 17.5. The number of rotatable bonds is 5. The number of amides is 1. The summed E-state index contributed by atoms with van der Waals surface area (Å²) >= 11 is 0. The summed E-state index contributed by atoms with van der Waals surface area (Å²) < 4.78 is 7.22. The standard InChI is InChI=1S/C21H20N6O2/c1-12-7-13(2)9-16(8-12)20(28)22-11-18-25-24-17-10-15(5-6-27(17)18)21-23-19(26-29-21)14-3-4-14/h5-10,14H,3-4,11H2,1-2H3,(H,22,28). The minimum atomic E-state index is -0.136. The summed E-state index contributed by atoms with van der Waals surface area (Å²) in [6.07, 6.45) is 4.10. The maximum atomic E-state index is 12.5. The van der Waals surface area contributed by atoms with Crippen LogP contribution in [0.1, 0.15) is 51.9 Å². The van der Waals surface area contributed by atoms with Crippen molar-refractivity contribution < 1.29 is 9.32 Å². The molecule has 3 aromatic heterocycles. The third-order valence-electron chi connectivity index (χ3n) is 5.00. The minimum Gasteiger partial charge on any atom is -0.345 e. The van der Waals surface area contributed by atoms with E-state index in [2.05, 4.69) is 25.7 Å². The zero-order chi connectivity index (χ0) is 20.0. The van der Waals surface area contributed by atoms with Crippen molar-refractivity contribution in [3.8, 4) is 11.5 Å². The predicted molar refractivity (Wildman–Crippen MR) is 105 cm³/mol. The second-order valence-corrected chi connectivity index (χ2v) is 7.55. The van der Waals surface area contributed by atoms with Gasteiger partial charge in [-0.3, -0.25) is 9.20 Å². The number of hydrogen-bond donors (Lipinski definition) is 1. The molecule has 5 rings (SSSR count). The first-order valence-corrected chi connectivity index (χ1v) is 9.61. The van der Waals surface area contributed by atoms with E-state index in [1.54, 1.807) is 0 Å². The highest BCUT2D eigenvalue weighted by molar-refractivity contribution is 5.94. The van der Waals surface area contributed by atoms with Crippen molar-refractivity contribution in [2.24, 2.45) is 0 Å². The number of carbonyl (C=O) groups excluding carboxylic acids is 1. The summed E-state index contributed by atoms with van der Waals surface area (Å²) in [7, 11) is 0. The normalized spacial score (nSPS) is 13.7. The van der Waals surface area contributed by atoms with E-state index in [-0.39, 0.29) is 12.5 Å². The first-order valence-electron chi connectivity index (χ1n) is 9.61. The predicted octanol–water partition coefficient (Wildman–Crippen LogP) is 3.20. The fourth-order valence-corrected chi connectivity index (χ4v) is 3.42. The second-order valence-electron chi connectivity index (χ2n) is 7.55.